The Labute approximate surface area is 92.6 Å². The summed E-state index contributed by atoms with van der Waals surface area (Å²) in [5, 5.41) is 0. The van der Waals surface area contributed by atoms with Gasteiger partial charge in [0.15, 0.2) is 0 Å². The average molecular weight is 198 g/mol. The lowest BCUT2D eigenvalue weighted by atomic mass is 10.1. The minimum atomic E-state index is 1.12. The van der Waals surface area contributed by atoms with Crippen LogP contribution in [0.2, 0.25) is 0 Å². The second kappa shape index (κ2) is 6.83. The maximum absolute atomic E-state index is 3.64. The van der Waals surface area contributed by atoms with Crippen molar-refractivity contribution in [2.45, 2.75) is 19.8 Å². The predicted molar refractivity (Wildman–Crippen MR) is 67.9 cm³/mol. The fourth-order valence-corrected chi connectivity index (χ4v) is 1.37. The summed E-state index contributed by atoms with van der Waals surface area (Å²) >= 11 is 0. The molecule has 1 aromatic carbocycles. The van der Waals surface area contributed by atoms with E-state index in [2.05, 4.69) is 49.9 Å². The van der Waals surface area contributed by atoms with E-state index < -0.39 is 0 Å². The maximum atomic E-state index is 3.64. The van der Waals surface area contributed by atoms with Crippen LogP contribution in [0.3, 0.4) is 0 Å². The van der Waals surface area contributed by atoms with Crippen molar-refractivity contribution in [3.63, 3.8) is 0 Å². The van der Waals surface area contributed by atoms with E-state index in [-0.39, 0.29) is 0 Å². The van der Waals surface area contributed by atoms with E-state index in [0.29, 0.717) is 0 Å². The zero-order valence-electron chi connectivity index (χ0n) is 9.32. The summed E-state index contributed by atoms with van der Waals surface area (Å²) in [4.78, 5) is 0. The Bertz CT molecular complexity index is 342. The van der Waals surface area contributed by atoms with Crippen molar-refractivity contribution >= 4 is 0 Å². The molecule has 0 heteroatoms. The molecule has 0 unspecified atom stereocenters. The third-order valence-electron chi connectivity index (χ3n) is 2.28. The molecular formula is C15H18. The molecule has 0 spiro atoms. The van der Waals surface area contributed by atoms with Crippen molar-refractivity contribution in [2.75, 3.05) is 0 Å². The Morgan fingerprint density at radius 1 is 1.20 bits per heavy atom. The molecule has 0 radical (unpaired) electrons. The van der Waals surface area contributed by atoms with Crippen molar-refractivity contribution in [1.29, 1.82) is 0 Å². The van der Waals surface area contributed by atoms with Crippen LogP contribution in [0.25, 0.3) is 0 Å². The third kappa shape index (κ3) is 5.02. The lowest BCUT2D eigenvalue weighted by Crippen LogP contribution is -1.85. The van der Waals surface area contributed by atoms with E-state index in [1.54, 1.807) is 6.08 Å². The van der Waals surface area contributed by atoms with Gasteiger partial charge in [-0.15, -0.1) is 0 Å². The molecule has 0 fully saturated rings. The second-order valence-corrected chi connectivity index (χ2v) is 3.62. The number of hydrogen-bond acceptors (Lipinski definition) is 0. The molecule has 0 aliphatic carbocycles. The van der Waals surface area contributed by atoms with Gasteiger partial charge in [-0.1, -0.05) is 66.8 Å². The van der Waals surface area contributed by atoms with Gasteiger partial charge in [0.25, 0.3) is 0 Å². The quantitative estimate of drug-likeness (QED) is 0.618. The summed E-state index contributed by atoms with van der Waals surface area (Å²) in [6, 6.07) is 10.6. The molecule has 0 bridgehead atoms. The van der Waals surface area contributed by atoms with Gasteiger partial charge >= 0.3 is 0 Å². The van der Waals surface area contributed by atoms with Crippen molar-refractivity contribution in [3.8, 4) is 0 Å². The topological polar surface area (TPSA) is 0 Å². The number of hydrogen-bond donors (Lipinski definition) is 0. The minimum Gasteiger partial charge on any atom is -0.0991 e. The highest BCUT2D eigenvalue weighted by Gasteiger charge is 1.92. The Morgan fingerprint density at radius 2 is 1.93 bits per heavy atom. The van der Waals surface area contributed by atoms with Crippen LogP contribution in [0.5, 0.6) is 0 Å². The Kier molecular flexibility index (Phi) is 5.24. The van der Waals surface area contributed by atoms with E-state index in [4.69, 9.17) is 0 Å². The molecule has 0 saturated heterocycles. The molecule has 0 amide bonds. The fraction of sp³-hybridized carbons (Fsp3) is 0.200. The molecule has 1 aromatic rings. The normalized spacial score (nSPS) is 11.9. The summed E-state index contributed by atoms with van der Waals surface area (Å²) in [5.74, 6) is 0. The first-order valence-electron chi connectivity index (χ1n) is 5.31. The van der Waals surface area contributed by atoms with E-state index in [9.17, 15) is 0 Å². The molecule has 0 atom stereocenters. The molecule has 0 aliphatic heterocycles. The lowest BCUT2D eigenvalue weighted by Gasteiger charge is -2.00. The Morgan fingerprint density at radius 3 is 2.60 bits per heavy atom. The number of rotatable bonds is 5. The first-order chi connectivity index (χ1) is 7.33. The van der Waals surface area contributed by atoms with Gasteiger partial charge < -0.3 is 0 Å². The molecule has 0 aliphatic rings. The van der Waals surface area contributed by atoms with Gasteiger partial charge in [-0.2, -0.15) is 0 Å². The van der Waals surface area contributed by atoms with Crippen molar-refractivity contribution in [2.24, 2.45) is 0 Å². The summed E-state index contributed by atoms with van der Waals surface area (Å²) < 4.78 is 0. The lowest BCUT2D eigenvalue weighted by molar-refractivity contribution is 0.941. The highest BCUT2D eigenvalue weighted by atomic mass is 14.0. The monoisotopic (exact) mass is 198 g/mol. The summed E-state index contributed by atoms with van der Waals surface area (Å²) in [7, 11) is 0. The van der Waals surface area contributed by atoms with E-state index in [1.807, 2.05) is 12.2 Å². The fourth-order valence-electron chi connectivity index (χ4n) is 1.37. The Balaban J connectivity index is 2.40. The summed E-state index contributed by atoms with van der Waals surface area (Å²) in [6.07, 6.45) is 10.2. The highest BCUT2D eigenvalue weighted by Crippen LogP contribution is 2.08. The average Bonchev–Trinajstić information content (AvgIpc) is 2.28. The van der Waals surface area contributed by atoms with E-state index in [1.165, 1.54) is 11.1 Å². The molecular weight excluding hydrogens is 180 g/mol. The van der Waals surface area contributed by atoms with Crippen molar-refractivity contribution in [1.82, 2.24) is 0 Å². The van der Waals surface area contributed by atoms with Gasteiger partial charge in [0.2, 0.25) is 0 Å². The molecule has 15 heavy (non-hydrogen) atoms. The third-order valence-corrected chi connectivity index (χ3v) is 2.28. The van der Waals surface area contributed by atoms with Crippen LogP contribution in [-0.4, -0.2) is 0 Å². The second-order valence-electron chi connectivity index (χ2n) is 3.62. The maximum Gasteiger partial charge on any atom is -0.0241 e. The molecule has 0 nitrogen and oxygen atoms in total. The van der Waals surface area contributed by atoms with Gasteiger partial charge in [-0.25, -0.2) is 0 Å². The largest absolute Gasteiger partial charge is 0.0991 e. The van der Waals surface area contributed by atoms with Crippen LogP contribution in [0, 0.1) is 0 Å². The van der Waals surface area contributed by atoms with Crippen LogP contribution < -0.4 is 0 Å². The zero-order chi connectivity index (χ0) is 10.9. The molecule has 1 rings (SSSR count). The molecule has 0 N–H and O–H groups in total. The smallest absolute Gasteiger partial charge is 0.0241 e. The summed E-state index contributed by atoms with van der Waals surface area (Å²) in [5.41, 5.74) is 2.80. The minimum absolute atomic E-state index is 1.12. The van der Waals surface area contributed by atoms with Gasteiger partial charge in [-0.3, -0.25) is 0 Å². The standard InChI is InChI=1S/C15H18/c1-3-4-6-9-14(2)12-13-15-10-7-5-8-11-15/h3-11H,1,12-13H2,2H3/b6-4-,14-9+. The predicted octanol–water partition coefficient (Wildman–Crippen LogP) is 4.31. The van der Waals surface area contributed by atoms with Gasteiger partial charge in [0, 0.05) is 0 Å². The SMILES string of the molecule is C=C/C=C\C=C(/C)CCc1ccccc1. The molecule has 78 valence electrons. The van der Waals surface area contributed by atoms with E-state index in [0.717, 1.165) is 12.8 Å². The first-order valence-corrected chi connectivity index (χ1v) is 5.31. The van der Waals surface area contributed by atoms with Crippen LogP contribution >= 0.6 is 0 Å². The first kappa shape index (κ1) is 11.5. The molecule has 0 aromatic heterocycles. The number of benzene rings is 1. The summed E-state index contributed by atoms with van der Waals surface area (Å²) in [6.45, 7) is 5.80. The van der Waals surface area contributed by atoms with Crippen molar-refractivity contribution in [3.05, 3.63) is 72.4 Å². The zero-order valence-corrected chi connectivity index (χ0v) is 9.32. The highest BCUT2D eigenvalue weighted by molar-refractivity contribution is 5.18. The molecule has 0 saturated carbocycles. The van der Waals surface area contributed by atoms with Crippen LogP contribution in [0.4, 0.5) is 0 Å². The van der Waals surface area contributed by atoms with Crippen molar-refractivity contribution < 1.29 is 0 Å². The van der Waals surface area contributed by atoms with Gasteiger partial charge in [0.1, 0.15) is 0 Å². The van der Waals surface area contributed by atoms with Crippen LogP contribution in [-0.2, 0) is 6.42 Å². The number of allylic oxidation sites excluding steroid dienone is 5. The van der Waals surface area contributed by atoms with E-state index >= 15 is 0 Å². The number of aryl methyl sites for hydroxylation is 1. The van der Waals surface area contributed by atoms with Crippen LogP contribution in [0.15, 0.2) is 66.8 Å². The van der Waals surface area contributed by atoms with Crippen LogP contribution in [0.1, 0.15) is 18.9 Å². The van der Waals surface area contributed by atoms with Gasteiger partial charge in [-0.05, 0) is 25.3 Å². The molecule has 0 heterocycles. The Hall–Kier alpha value is -1.56. The van der Waals surface area contributed by atoms with Gasteiger partial charge in [0.05, 0.1) is 0 Å².